The van der Waals surface area contributed by atoms with Crippen LogP contribution in [0.15, 0.2) is 23.1 Å². The normalized spacial score (nSPS) is 18.4. The molecule has 2 aliphatic heterocycles. The summed E-state index contributed by atoms with van der Waals surface area (Å²) in [5.41, 5.74) is 1.51. The van der Waals surface area contributed by atoms with Crippen LogP contribution in [0, 0.1) is 0 Å². The van der Waals surface area contributed by atoms with Crippen molar-refractivity contribution in [2.75, 3.05) is 25.0 Å². The quantitative estimate of drug-likeness (QED) is 0.810. The number of nitrogens with one attached hydrogen (secondary N) is 2. The molecule has 27 heavy (non-hydrogen) atoms. The first-order valence-electron chi connectivity index (χ1n) is 9.26. The van der Waals surface area contributed by atoms with E-state index in [1.165, 1.54) is 6.07 Å². The Labute approximate surface area is 159 Å². The minimum atomic E-state index is -3.66. The Bertz CT molecular complexity index is 816. The smallest absolute Gasteiger partial charge is 0.409 e. The molecule has 2 amide bonds. The van der Waals surface area contributed by atoms with Gasteiger partial charge in [0.2, 0.25) is 15.9 Å². The second kappa shape index (κ2) is 8.26. The first-order valence-corrected chi connectivity index (χ1v) is 10.7. The minimum absolute atomic E-state index is 0.0455. The Morgan fingerprint density at radius 2 is 2.04 bits per heavy atom. The van der Waals surface area contributed by atoms with E-state index in [0.29, 0.717) is 57.5 Å². The van der Waals surface area contributed by atoms with Gasteiger partial charge in [-0.1, -0.05) is 0 Å². The zero-order chi connectivity index (χ0) is 19.4. The maximum absolute atomic E-state index is 12.8. The van der Waals surface area contributed by atoms with Crippen LogP contribution in [0.3, 0.4) is 0 Å². The van der Waals surface area contributed by atoms with Gasteiger partial charge in [-0.3, -0.25) is 4.79 Å². The topological polar surface area (TPSA) is 105 Å². The summed E-state index contributed by atoms with van der Waals surface area (Å²) in [5, 5.41) is 2.80. The maximum Gasteiger partial charge on any atom is 0.409 e. The molecule has 148 valence electrons. The molecule has 8 nitrogen and oxygen atoms in total. The lowest BCUT2D eigenvalue weighted by Crippen LogP contribution is -2.46. The van der Waals surface area contributed by atoms with E-state index in [0.717, 1.165) is 5.56 Å². The van der Waals surface area contributed by atoms with Gasteiger partial charge < -0.3 is 15.0 Å². The zero-order valence-electron chi connectivity index (χ0n) is 15.4. The second-order valence-electron chi connectivity index (χ2n) is 6.80. The molecule has 0 aliphatic carbocycles. The number of likely N-dealkylation sites (tertiary alicyclic amines) is 1. The first kappa shape index (κ1) is 19.6. The predicted octanol–water partition coefficient (Wildman–Crippen LogP) is 1.86. The molecule has 0 radical (unpaired) electrons. The monoisotopic (exact) mass is 395 g/mol. The van der Waals surface area contributed by atoms with Crippen molar-refractivity contribution >= 4 is 27.7 Å². The lowest BCUT2D eigenvalue weighted by molar-refractivity contribution is -0.116. The Kier molecular flexibility index (Phi) is 6.01. The van der Waals surface area contributed by atoms with Crippen molar-refractivity contribution in [2.24, 2.45) is 0 Å². The number of benzene rings is 1. The number of sulfonamides is 1. The number of hydrogen-bond acceptors (Lipinski definition) is 5. The number of ether oxygens (including phenoxy) is 1. The number of carbonyl (C=O) groups excluding carboxylic acids is 2. The number of anilines is 1. The summed E-state index contributed by atoms with van der Waals surface area (Å²) in [5.74, 6) is -0.0455. The molecule has 1 saturated heterocycles. The molecule has 0 atom stereocenters. The third-order valence-corrected chi connectivity index (χ3v) is 6.37. The van der Waals surface area contributed by atoms with Crippen LogP contribution in [0.1, 0.15) is 38.2 Å². The summed E-state index contributed by atoms with van der Waals surface area (Å²) < 4.78 is 33.2. The fourth-order valence-electron chi connectivity index (χ4n) is 3.40. The second-order valence-corrected chi connectivity index (χ2v) is 8.52. The molecule has 1 aromatic rings. The average Bonchev–Trinajstić information content (AvgIpc) is 2.82. The predicted molar refractivity (Wildman–Crippen MR) is 99.9 cm³/mol. The molecule has 1 fully saturated rings. The Morgan fingerprint density at radius 3 is 2.74 bits per heavy atom. The van der Waals surface area contributed by atoms with E-state index in [2.05, 4.69) is 10.0 Å². The van der Waals surface area contributed by atoms with Gasteiger partial charge in [-0.25, -0.2) is 17.9 Å². The van der Waals surface area contributed by atoms with Crippen LogP contribution in [-0.2, 0) is 26.0 Å². The third kappa shape index (κ3) is 4.78. The number of carbonyl (C=O) groups is 2. The maximum atomic E-state index is 12.8. The Balaban J connectivity index is 1.65. The molecule has 2 aliphatic rings. The summed E-state index contributed by atoms with van der Waals surface area (Å²) in [6.45, 7) is 3.00. The van der Waals surface area contributed by atoms with Crippen molar-refractivity contribution in [3.8, 4) is 0 Å². The van der Waals surface area contributed by atoms with E-state index >= 15 is 0 Å². The summed E-state index contributed by atoms with van der Waals surface area (Å²) in [6, 6.07) is 4.58. The number of piperidine rings is 1. The van der Waals surface area contributed by atoms with E-state index in [4.69, 9.17) is 4.74 Å². The number of amides is 2. The van der Waals surface area contributed by atoms with Gasteiger partial charge in [-0.05, 0) is 56.4 Å². The summed E-state index contributed by atoms with van der Waals surface area (Å²) in [4.78, 5) is 25.2. The molecule has 0 aromatic heterocycles. The van der Waals surface area contributed by atoms with Gasteiger partial charge in [-0.2, -0.15) is 0 Å². The molecular formula is C18H25N3O5S. The van der Waals surface area contributed by atoms with Gasteiger partial charge in [-0.15, -0.1) is 0 Å². The first-order chi connectivity index (χ1) is 12.9. The molecule has 2 heterocycles. The molecular weight excluding hydrogens is 370 g/mol. The standard InChI is InChI=1S/C18H25N3O5S/c1-2-26-18(23)21-10-8-14(9-11-21)20-27(24,25)15-6-7-16-13(12-15)4-3-5-17(22)19-16/h6-7,12,14,20H,2-5,8-11H2,1H3,(H,19,22). The highest BCUT2D eigenvalue weighted by atomic mass is 32.2. The lowest BCUT2D eigenvalue weighted by Gasteiger charge is -2.31. The van der Waals surface area contributed by atoms with Crippen LogP contribution in [-0.4, -0.2) is 51.1 Å². The lowest BCUT2D eigenvalue weighted by atomic mass is 10.1. The highest BCUT2D eigenvalue weighted by molar-refractivity contribution is 7.89. The van der Waals surface area contributed by atoms with E-state index in [9.17, 15) is 18.0 Å². The van der Waals surface area contributed by atoms with E-state index in [-0.39, 0.29) is 22.9 Å². The molecule has 0 bridgehead atoms. The minimum Gasteiger partial charge on any atom is -0.450 e. The zero-order valence-corrected chi connectivity index (χ0v) is 16.2. The highest BCUT2D eigenvalue weighted by Crippen LogP contribution is 2.25. The van der Waals surface area contributed by atoms with Gasteiger partial charge >= 0.3 is 6.09 Å². The fraction of sp³-hybridized carbons (Fsp3) is 0.556. The highest BCUT2D eigenvalue weighted by Gasteiger charge is 2.27. The van der Waals surface area contributed by atoms with Crippen molar-refractivity contribution in [1.29, 1.82) is 0 Å². The van der Waals surface area contributed by atoms with Crippen molar-refractivity contribution in [3.63, 3.8) is 0 Å². The molecule has 2 N–H and O–H groups in total. The summed E-state index contributed by atoms with van der Waals surface area (Å²) >= 11 is 0. The van der Waals surface area contributed by atoms with Gasteiger partial charge in [0, 0.05) is 31.2 Å². The number of nitrogens with zero attached hydrogens (tertiary/aromatic N) is 1. The van der Waals surface area contributed by atoms with Crippen LogP contribution in [0.25, 0.3) is 0 Å². The summed E-state index contributed by atoms with van der Waals surface area (Å²) in [6.07, 6.45) is 2.52. The number of fused-ring (bicyclic) bond motifs is 1. The fourth-order valence-corrected chi connectivity index (χ4v) is 4.76. The molecule has 3 rings (SSSR count). The van der Waals surface area contributed by atoms with Gasteiger partial charge in [0.1, 0.15) is 0 Å². The Hall–Kier alpha value is -2.13. The van der Waals surface area contributed by atoms with Crippen molar-refractivity contribution in [2.45, 2.75) is 50.0 Å². The van der Waals surface area contributed by atoms with E-state index < -0.39 is 10.0 Å². The molecule has 0 spiro atoms. The van der Waals surface area contributed by atoms with Crippen LogP contribution in [0.4, 0.5) is 10.5 Å². The molecule has 1 aromatic carbocycles. The summed E-state index contributed by atoms with van der Waals surface area (Å²) in [7, 11) is -3.66. The van der Waals surface area contributed by atoms with Gasteiger partial charge in [0.05, 0.1) is 11.5 Å². The largest absolute Gasteiger partial charge is 0.450 e. The van der Waals surface area contributed by atoms with Crippen LogP contribution in [0.2, 0.25) is 0 Å². The van der Waals surface area contributed by atoms with Crippen LogP contribution < -0.4 is 10.0 Å². The average molecular weight is 395 g/mol. The van der Waals surface area contributed by atoms with Crippen LogP contribution >= 0.6 is 0 Å². The van der Waals surface area contributed by atoms with E-state index in [1.807, 2.05) is 0 Å². The van der Waals surface area contributed by atoms with Crippen molar-refractivity contribution in [3.05, 3.63) is 23.8 Å². The third-order valence-electron chi connectivity index (χ3n) is 4.85. The van der Waals surface area contributed by atoms with Crippen LogP contribution in [0.5, 0.6) is 0 Å². The van der Waals surface area contributed by atoms with E-state index in [1.54, 1.807) is 24.0 Å². The SMILES string of the molecule is CCOC(=O)N1CCC(NS(=O)(=O)c2ccc3c(c2)CCCC(=O)N3)CC1. The number of aryl methyl sites for hydroxylation is 1. The molecule has 0 saturated carbocycles. The van der Waals surface area contributed by atoms with Gasteiger partial charge in [0.25, 0.3) is 0 Å². The number of rotatable bonds is 4. The number of hydrogen-bond donors (Lipinski definition) is 2. The molecule has 9 heteroatoms. The molecule has 0 unspecified atom stereocenters. The Morgan fingerprint density at radius 1 is 1.30 bits per heavy atom. The van der Waals surface area contributed by atoms with Crippen molar-refractivity contribution < 1.29 is 22.7 Å². The van der Waals surface area contributed by atoms with Gasteiger partial charge in [0.15, 0.2) is 0 Å². The van der Waals surface area contributed by atoms with Crippen molar-refractivity contribution in [1.82, 2.24) is 9.62 Å².